The monoisotopic (exact) mass is 352 g/mol. The molecule has 0 radical (unpaired) electrons. The Hall–Kier alpha value is -1.99. The zero-order valence-corrected chi connectivity index (χ0v) is 14.0. The Morgan fingerprint density at radius 1 is 1.35 bits per heavy atom. The highest BCUT2D eigenvalue weighted by Crippen LogP contribution is 2.48. The van der Waals surface area contributed by atoms with E-state index in [0.717, 1.165) is 11.2 Å². The molecule has 0 fully saturated rings. The minimum absolute atomic E-state index is 0.124. The Morgan fingerprint density at radius 2 is 2.13 bits per heavy atom. The molecule has 1 unspecified atom stereocenters. The number of nitrogens with zero attached hydrogens (tertiary/aromatic N) is 2. The number of aromatic nitrogens is 2. The van der Waals surface area contributed by atoms with E-state index in [4.69, 9.17) is 25.8 Å². The molecule has 1 aromatic carbocycles. The Morgan fingerprint density at radius 3 is 2.83 bits per heavy atom. The second kappa shape index (κ2) is 6.25. The maximum absolute atomic E-state index is 11.8. The fraction of sp³-hybridized carbons (Fsp3) is 0.267. The van der Waals surface area contributed by atoms with Crippen LogP contribution in [0.15, 0.2) is 29.3 Å². The predicted octanol–water partition coefficient (Wildman–Crippen LogP) is 2.73. The van der Waals surface area contributed by atoms with Gasteiger partial charge in [-0.05, 0) is 18.2 Å². The molecule has 1 aliphatic heterocycles. The number of benzene rings is 1. The van der Waals surface area contributed by atoms with Crippen molar-refractivity contribution >= 4 is 29.6 Å². The normalized spacial score (nSPS) is 19.4. The molecule has 3 rings (SSSR count). The summed E-state index contributed by atoms with van der Waals surface area (Å²) in [5.41, 5.74) is 0.441. The predicted molar refractivity (Wildman–Crippen MR) is 85.7 cm³/mol. The van der Waals surface area contributed by atoms with Gasteiger partial charge in [0.1, 0.15) is 18.6 Å². The average Bonchev–Trinajstić information content (AvgIpc) is 2.60. The summed E-state index contributed by atoms with van der Waals surface area (Å²) in [4.78, 5) is 21.2. The van der Waals surface area contributed by atoms with Crippen molar-refractivity contribution in [1.82, 2.24) is 9.97 Å². The zero-order valence-electron chi connectivity index (χ0n) is 12.4. The molecule has 0 spiro atoms. The molecule has 0 saturated carbocycles. The number of rotatable bonds is 4. The molecule has 0 bridgehead atoms. The number of aldehydes is 1. The molecule has 0 aliphatic carbocycles. The largest absolute Gasteiger partial charge is 0.490 e. The minimum Gasteiger partial charge on any atom is -0.490 e. The van der Waals surface area contributed by atoms with Gasteiger partial charge in [0.25, 0.3) is 11.8 Å². The van der Waals surface area contributed by atoms with E-state index in [1.54, 1.807) is 12.1 Å². The van der Waals surface area contributed by atoms with Crippen molar-refractivity contribution in [3.05, 3.63) is 35.1 Å². The number of ether oxygens (including phenoxy) is 3. The van der Waals surface area contributed by atoms with E-state index in [-0.39, 0.29) is 18.4 Å². The Labute approximate surface area is 142 Å². The van der Waals surface area contributed by atoms with Crippen LogP contribution in [-0.4, -0.2) is 37.1 Å². The molecule has 2 heterocycles. The van der Waals surface area contributed by atoms with Crippen molar-refractivity contribution in [1.29, 1.82) is 0 Å². The minimum atomic E-state index is -1.01. The van der Waals surface area contributed by atoms with Crippen LogP contribution in [0, 0.1) is 0 Å². The second-order valence-electron chi connectivity index (χ2n) is 4.76. The number of halogens is 1. The van der Waals surface area contributed by atoms with Gasteiger partial charge in [-0.2, -0.15) is 0 Å². The van der Waals surface area contributed by atoms with Gasteiger partial charge in [-0.1, -0.05) is 23.4 Å². The van der Waals surface area contributed by atoms with Crippen molar-refractivity contribution in [2.75, 3.05) is 20.8 Å². The summed E-state index contributed by atoms with van der Waals surface area (Å²) in [5, 5.41) is 0.578. The van der Waals surface area contributed by atoms with Crippen molar-refractivity contribution in [2.24, 2.45) is 0 Å². The number of carbonyl (C=O) groups is 1. The van der Waals surface area contributed by atoms with Gasteiger partial charge in [0.15, 0.2) is 4.75 Å². The molecule has 0 amide bonds. The molecule has 23 heavy (non-hydrogen) atoms. The maximum Gasteiger partial charge on any atom is 0.278 e. The van der Waals surface area contributed by atoms with Crippen molar-refractivity contribution < 1.29 is 19.0 Å². The van der Waals surface area contributed by atoms with Gasteiger partial charge in [-0.15, -0.1) is 0 Å². The van der Waals surface area contributed by atoms with Gasteiger partial charge in [-0.25, -0.2) is 9.97 Å². The van der Waals surface area contributed by atoms with Crippen molar-refractivity contribution in [3.63, 3.8) is 0 Å². The van der Waals surface area contributed by atoms with Crippen LogP contribution in [0.1, 0.15) is 5.69 Å². The molecule has 1 atom stereocenters. The van der Waals surface area contributed by atoms with Crippen molar-refractivity contribution in [3.8, 4) is 17.5 Å². The van der Waals surface area contributed by atoms with E-state index in [1.807, 2.05) is 6.07 Å². The topological polar surface area (TPSA) is 70.5 Å². The molecule has 0 saturated heterocycles. The summed E-state index contributed by atoms with van der Waals surface area (Å²) < 4.78 is 14.9. The summed E-state index contributed by atoms with van der Waals surface area (Å²) in [6, 6.07) is 5.28. The third-order valence-corrected chi connectivity index (χ3v) is 4.94. The van der Waals surface area contributed by atoms with Gasteiger partial charge in [0.2, 0.25) is 0 Å². The SMILES string of the molecule is COc1ncc(C2(C=O)COc3cc(Cl)ccc3S2)nc1OC. The first-order chi connectivity index (χ1) is 11.1. The van der Waals surface area contributed by atoms with Gasteiger partial charge in [0, 0.05) is 5.02 Å². The highest BCUT2D eigenvalue weighted by atomic mass is 35.5. The van der Waals surface area contributed by atoms with Crippen LogP contribution in [0.5, 0.6) is 17.5 Å². The zero-order chi connectivity index (χ0) is 16.4. The molecule has 8 heteroatoms. The van der Waals surface area contributed by atoms with Crippen LogP contribution in [0.2, 0.25) is 5.02 Å². The fourth-order valence-electron chi connectivity index (χ4n) is 2.17. The molecular weight excluding hydrogens is 340 g/mol. The van der Waals surface area contributed by atoms with Gasteiger partial charge in [-0.3, -0.25) is 0 Å². The summed E-state index contributed by atoms with van der Waals surface area (Å²) in [6.45, 7) is 0.124. The summed E-state index contributed by atoms with van der Waals surface area (Å²) >= 11 is 7.31. The first-order valence-corrected chi connectivity index (χ1v) is 7.84. The number of thioether (sulfide) groups is 1. The summed E-state index contributed by atoms with van der Waals surface area (Å²) in [6.07, 6.45) is 2.30. The van der Waals surface area contributed by atoms with E-state index in [9.17, 15) is 4.79 Å². The van der Waals surface area contributed by atoms with Gasteiger partial charge in [0.05, 0.1) is 31.0 Å². The van der Waals surface area contributed by atoms with Crippen molar-refractivity contribution in [2.45, 2.75) is 9.64 Å². The Bertz CT molecular complexity index is 758. The molecule has 1 aliphatic rings. The van der Waals surface area contributed by atoms with E-state index in [2.05, 4.69) is 9.97 Å². The quantitative estimate of drug-likeness (QED) is 0.783. The van der Waals surface area contributed by atoms with Crippen LogP contribution < -0.4 is 14.2 Å². The van der Waals surface area contributed by atoms with Crippen LogP contribution in [0.3, 0.4) is 0 Å². The first kappa shape index (κ1) is 15.9. The fourth-order valence-corrected chi connectivity index (χ4v) is 3.45. The molecule has 1 aromatic heterocycles. The van der Waals surface area contributed by atoms with Crippen LogP contribution in [0.4, 0.5) is 0 Å². The smallest absolute Gasteiger partial charge is 0.278 e. The molecular formula is C15H13ClN2O4S. The second-order valence-corrected chi connectivity index (χ2v) is 6.57. The highest BCUT2D eigenvalue weighted by Gasteiger charge is 2.41. The van der Waals surface area contributed by atoms with Crippen LogP contribution >= 0.6 is 23.4 Å². The number of hydrogen-bond donors (Lipinski definition) is 0. The lowest BCUT2D eigenvalue weighted by Crippen LogP contribution is -2.35. The van der Waals surface area contributed by atoms with Gasteiger partial charge < -0.3 is 19.0 Å². The lowest BCUT2D eigenvalue weighted by Gasteiger charge is -2.32. The lowest BCUT2D eigenvalue weighted by molar-refractivity contribution is -0.110. The van der Waals surface area contributed by atoms with E-state index in [1.165, 1.54) is 32.2 Å². The molecule has 6 nitrogen and oxygen atoms in total. The lowest BCUT2D eigenvalue weighted by atomic mass is 10.1. The first-order valence-electron chi connectivity index (χ1n) is 6.65. The Balaban J connectivity index is 2.03. The number of carbonyl (C=O) groups excluding carboxylic acids is 1. The third-order valence-electron chi connectivity index (χ3n) is 3.36. The standard InChI is InChI=1S/C15H13ClN2O4S/c1-20-13-14(21-2)18-12(6-17-13)15(7-19)8-22-10-5-9(16)3-4-11(10)23-15/h3-7H,8H2,1-2H3. The average molecular weight is 353 g/mol. The molecule has 0 N–H and O–H groups in total. The highest BCUT2D eigenvalue weighted by molar-refractivity contribution is 8.01. The maximum atomic E-state index is 11.8. The number of fused-ring (bicyclic) bond motifs is 1. The molecule has 120 valence electrons. The third kappa shape index (κ3) is 2.82. The van der Waals surface area contributed by atoms with E-state index >= 15 is 0 Å². The summed E-state index contributed by atoms with van der Waals surface area (Å²) in [5.74, 6) is 1.12. The van der Waals surface area contributed by atoms with E-state index in [0.29, 0.717) is 16.5 Å². The number of hydrogen-bond acceptors (Lipinski definition) is 7. The van der Waals surface area contributed by atoms with Gasteiger partial charge >= 0.3 is 0 Å². The molecule has 2 aromatic rings. The number of methoxy groups -OCH3 is 2. The van der Waals surface area contributed by atoms with Crippen LogP contribution in [0.25, 0.3) is 0 Å². The Kier molecular flexibility index (Phi) is 4.32. The van der Waals surface area contributed by atoms with E-state index < -0.39 is 4.75 Å². The van der Waals surface area contributed by atoms with Crippen LogP contribution in [-0.2, 0) is 9.54 Å². The summed E-state index contributed by atoms with van der Waals surface area (Å²) in [7, 11) is 2.94.